The molecule has 0 saturated heterocycles. The molecule has 1 heterocycles. The van der Waals surface area contributed by atoms with Gasteiger partial charge in [-0.3, -0.25) is 0 Å². The van der Waals surface area contributed by atoms with Crippen molar-refractivity contribution in [2.75, 3.05) is 0 Å². The lowest BCUT2D eigenvalue weighted by Gasteiger charge is -2.04. The summed E-state index contributed by atoms with van der Waals surface area (Å²) >= 11 is 1.86. The Morgan fingerprint density at radius 2 is 1.71 bits per heavy atom. The fraction of sp³-hybridized carbons (Fsp3) is 0.231. The maximum atomic E-state index is 2.26. The minimum atomic E-state index is 1.33. The van der Waals surface area contributed by atoms with E-state index in [1.54, 1.807) is 0 Å². The van der Waals surface area contributed by atoms with E-state index < -0.39 is 0 Å². The highest BCUT2D eigenvalue weighted by molar-refractivity contribution is 7.15. The molecule has 0 saturated carbocycles. The molecule has 0 atom stereocenters. The van der Waals surface area contributed by atoms with Gasteiger partial charge in [0.05, 0.1) is 0 Å². The first-order chi connectivity index (χ1) is 6.66. The van der Waals surface area contributed by atoms with Crippen LogP contribution in [0.2, 0.25) is 0 Å². The molecular formula is C13H14S. The second kappa shape index (κ2) is 3.58. The van der Waals surface area contributed by atoms with E-state index in [4.69, 9.17) is 0 Å². The highest BCUT2D eigenvalue weighted by Crippen LogP contribution is 2.30. The van der Waals surface area contributed by atoms with E-state index in [0.29, 0.717) is 0 Å². The van der Waals surface area contributed by atoms with Crippen molar-refractivity contribution in [3.63, 3.8) is 0 Å². The van der Waals surface area contributed by atoms with Crippen LogP contribution in [0, 0.1) is 20.8 Å². The van der Waals surface area contributed by atoms with E-state index in [9.17, 15) is 0 Å². The SMILES string of the molecule is Cc1ccc(C)c(-c2ccc(C)s2)c1. The Kier molecular flexibility index (Phi) is 2.42. The smallest absolute Gasteiger partial charge is 0.0348 e. The number of thiophene rings is 1. The molecule has 0 radical (unpaired) electrons. The molecule has 72 valence electrons. The van der Waals surface area contributed by atoms with Crippen LogP contribution in [0.4, 0.5) is 0 Å². The summed E-state index contributed by atoms with van der Waals surface area (Å²) in [5, 5.41) is 0. The van der Waals surface area contributed by atoms with Gasteiger partial charge in [-0.25, -0.2) is 0 Å². The predicted molar refractivity (Wildman–Crippen MR) is 64.0 cm³/mol. The predicted octanol–water partition coefficient (Wildman–Crippen LogP) is 4.34. The van der Waals surface area contributed by atoms with Gasteiger partial charge in [0.25, 0.3) is 0 Å². The molecule has 1 heteroatoms. The molecule has 0 N–H and O–H groups in total. The van der Waals surface area contributed by atoms with E-state index in [-0.39, 0.29) is 0 Å². The van der Waals surface area contributed by atoms with Crippen molar-refractivity contribution >= 4 is 11.3 Å². The molecule has 0 aliphatic carbocycles. The molecule has 0 unspecified atom stereocenters. The summed E-state index contributed by atoms with van der Waals surface area (Å²) in [5.74, 6) is 0. The van der Waals surface area contributed by atoms with Crippen LogP contribution >= 0.6 is 11.3 Å². The molecule has 0 aliphatic heterocycles. The zero-order chi connectivity index (χ0) is 10.1. The molecule has 0 bridgehead atoms. The maximum Gasteiger partial charge on any atom is 0.0348 e. The Morgan fingerprint density at radius 1 is 0.929 bits per heavy atom. The van der Waals surface area contributed by atoms with E-state index in [1.807, 2.05) is 11.3 Å². The molecule has 1 aromatic carbocycles. The van der Waals surface area contributed by atoms with Gasteiger partial charge in [0, 0.05) is 9.75 Å². The lowest BCUT2D eigenvalue weighted by molar-refractivity contribution is 1.40. The number of rotatable bonds is 1. The van der Waals surface area contributed by atoms with Crippen LogP contribution in [0.3, 0.4) is 0 Å². The van der Waals surface area contributed by atoms with Crippen molar-refractivity contribution in [2.45, 2.75) is 20.8 Å². The van der Waals surface area contributed by atoms with Crippen molar-refractivity contribution in [1.29, 1.82) is 0 Å². The van der Waals surface area contributed by atoms with E-state index >= 15 is 0 Å². The highest BCUT2D eigenvalue weighted by atomic mass is 32.1. The number of benzene rings is 1. The van der Waals surface area contributed by atoms with Gasteiger partial charge in [-0.1, -0.05) is 23.8 Å². The van der Waals surface area contributed by atoms with Crippen molar-refractivity contribution in [3.05, 3.63) is 46.3 Å². The second-order valence-electron chi connectivity index (χ2n) is 3.73. The van der Waals surface area contributed by atoms with Gasteiger partial charge in [0.15, 0.2) is 0 Å². The summed E-state index contributed by atoms with van der Waals surface area (Å²) < 4.78 is 0. The molecule has 0 amide bonds. The Bertz CT molecular complexity index is 452. The molecule has 0 nitrogen and oxygen atoms in total. The molecule has 0 spiro atoms. The Morgan fingerprint density at radius 3 is 2.36 bits per heavy atom. The third-order valence-electron chi connectivity index (χ3n) is 2.40. The van der Waals surface area contributed by atoms with Crippen LogP contribution in [-0.4, -0.2) is 0 Å². The monoisotopic (exact) mass is 202 g/mol. The van der Waals surface area contributed by atoms with E-state index in [0.717, 1.165) is 0 Å². The maximum absolute atomic E-state index is 2.26. The van der Waals surface area contributed by atoms with Crippen LogP contribution in [0.15, 0.2) is 30.3 Å². The first-order valence-electron chi connectivity index (χ1n) is 4.81. The first-order valence-corrected chi connectivity index (χ1v) is 5.62. The average molecular weight is 202 g/mol. The highest BCUT2D eigenvalue weighted by Gasteiger charge is 2.03. The molecule has 0 fully saturated rings. The van der Waals surface area contributed by atoms with Gasteiger partial charge < -0.3 is 0 Å². The zero-order valence-electron chi connectivity index (χ0n) is 8.79. The molecule has 0 aliphatic rings. The van der Waals surface area contributed by atoms with Crippen LogP contribution < -0.4 is 0 Å². The normalized spacial score (nSPS) is 10.5. The van der Waals surface area contributed by atoms with Crippen molar-refractivity contribution in [1.82, 2.24) is 0 Å². The minimum absolute atomic E-state index is 1.33. The lowest BCUT2D eigenvalue weighted by atomic mass is 10.0. The molecule has 2 rings (SSSR count). The largest absolute Gasteiger partial charge is 0.141 e. The van der Waals surface area contributed by atoms with Gasteiger partial charge in [-0.05, 0) is 44.0 Å². The van der Waals surface area contributed by atoms with Gasteiger partial charge in [-0.15, -0.1) is 11.3 Å². The minimum Gasteiger partial charge on any atom is -0.141 e. The van der Waals surface area contributed by atoms with Crippen molar-refractivity contribution in [2.24, 2.45) is 0 Å². The second-order valence-corrected chi connectivity index (χ2v) is 5.02. The topological polar surface area (TPSA) is 0 Å². The Labute approximate surface area is 89.2 Å². The van der Waals surface area contributed by atoms with Crippen LogP contribution in [0.1, 0.15) is 16.0 Å². The quantitative estimate of drug-likeness (QED) is 0.645. The summed E-state index contributed by atoms with van der Waals surface area (Å²) in [6.07, 6.45) is 0. The summed E-state index contributed by atoms with van der Waals surface area (Å²) in [6, 6.07) is 11.0. The summed E-state index contributed by atoms with van der Waals surface area (Å²) in [7, 11) is 0. The zero-order valence-corrected chi connectivity index (χ0v) is 9.61. The first kappa shape index (κ1) is 9.47. The van der Waals surface area contributed by atoms with E-state index in [1.165, 1.54) is 26.4 Å². The number of hydrogen-bond acceptors (Lipinski definition) is 1. The molecule has 14 heavy (non-hydrogen) atoms. The summed E-state index contributed by atoms with van der Waals surface area (Å²) in [5.41, 5.74) is 4.07. The van der Waals surface area contributed by atoms with Crippen molar-refractivity contribution in [3.8, 4) is 10.4 Å². The summed E-state index contributed by atoms with van der Waals surface area (Å²) in [6.45, 7) is 6.46. The van der Waals surface area contributed by atoms with Crippen LogP contribution in [0.5, 0.6) is 0 Å². The van der Waals surface area contributed by atoms with E-state index in [2.05, 4.69) is 51.1 Å². The standard InChI is InChI=1S/C13H14S/c1-9-4-5-10(2)12(8-9)13-7-6-11(3)14-13/h4-8H,1-3H3. The van der Waals surface area contributed by atoms with Crippen LogP contribution in [-0.2, 0) is 0 Å². The number of hydrogen-bond donors (Lipinski definition) is 0. The van der Waals surface area contributed by atoms with Gasteiger partial charge in [0.1, 0.15) is 0 Å². The summed E-state index contributed by atoms with van der Waals surface area (Å²) in [4.78, 5) is 2.75. The van der Waals surface area contributed by atoms with Gasteiger partial charge in [0.2, 0.25) is 0 Å². The Hall–Kier alpha value is -1.08. The fourth-order valence-corrected chi connectivity index (χ4v) is 2.53. The van der Waals surface area contributed by atoms with Crippen molar-refractivity contribution < 1.29 is 0 Å². The third kappa shape index (κ3) is 1.73. The molecule has 2 aromatic rings. The van der Waals surface area contributed by atoms with Crippen LogP contribution in [0.25, 0.3) is 10.4 Å². The molecular weight excluding hydrogens is 188 g/mol. The Balaban J connectivity index is 2.55. The fourth-order valence-electron chi connectivity index (χ4n) is 1.58. The lowest BCUT2D eigenvalue weighted by Crippen LogP contribution is -1.81. The average Bonchev–Trinajstić information content (AvgIpc) is 2.56. The van der Waals surface area contributed by atoms with Gasteiger partial charge in [-0.2, -0.15) is 0 Å². The number of aryl methyl sites for hydroxylation is 3. The molecule has 1 aromatic heterocycles. The van der Waals surface area contributed by atoms with Gasteiger partial charge >= 0.3 is 0 Å². The third-order valence-corrected chi connectivity index (χ3v) is 3.43.